The molecule has 0 radical (unpaired) electrons. The summed E-state index contributed by atoms with van der Waals surface area (Å²) in [4.78, 5) is 12.2. The van der Waals surface area contributed by atoms with Crippen LogP contribution in [-0.4, -0.2) is 5.91 Å². The molecular formula is C22H21BrFNO3. The molecule has 1 atom stereocenters. The molecule has 0 aliphatic heterocycles. The maximum atomic E-state index is 13.8. The first-order valence-corrected chi connectivity index (χ1v) is 9.83. The van der Waals surface area contributed by atoms with Gasteiger partial charge in [-0.2, -0.15) is 0 Å². The van der Waals surface area contributed by atoms with E-state index in [9.17, 15) is 9.18 Å². The third-order valence-electron chi connectivity index (χ3n) is 4.51. The van der Waals surface area contributed by atoms with E-state index in [0.717, 1.165) is 12.2 Å². The van der Waals surface area contributed by atoms with Crippen molar-refractivity contribution >= 4 is 27.5 Å². The van der Waals surface area contributed by atoms with Crippen molar-refractivity contribution in [2.24, 2.45) is 0 Å². The highest BCUT2D eigenvalue weighted by Gasteiger charge is 2.14. The van der Waals surface area contributed by atoms with Gasteiger partial charge in [0.25, 0.3) is 5.91 Å². The SMILES string of the molecule is CCC(C)c1ccc(OCc2ccc(C(=O)Nc3ccc(Br)cc3F)o2)cc1. The van der Waals surface area contributed by atoms with Crippen LogP contribution in [-0.2, 0) is 6.61 Å². The predicted molar refractivity (Wildman–Crippen MR) is 110 cm³/mol. The average molecular weight is 446 g/mol. The monoisotopic (exact) mass is 445 g/mol. The van der Waals surface area contributed by atoms with E-state index in [1.54, 1.807) is 12.1 Å². The summed E-state index contributed by atoms with van der Waals surface area (Å²) in [5, 5.41) is 2.49. The van der Waals surface area contributed by atoms with Gasteiger partial charge in [-0.15, -0.1) is 0 Å². The summed E-state index contributed by atoms with van der Waals surface area (Å²) in [5.41, 5.74) is 1.36. The molecule has 1 unspecified atom stereocenters. The van der Waals surface area contributed by atoms with Crippen molar-refractivity contribution in [1.82, 2.24) is 0 Å². The largest absolute Gasteiger partial charge is 0.486 e. The lowest BCUT2D eigenvalue weighted by atomic mass is 9.99. The first-order valence-electron chi connectivity index (χ1n) is 9.04. The molecule has 1 aromatic heterocycles. The number of hydrogen-bond donors (Lipinski definition) is 1. The van der Waals surface area contributed by atoms with Crippen LogP contribution < -0.4 is 10.1 Å². The van der Waals surface area contributed by atoms with Crippen LogP contribution in [0.1, 0.15) is 48.1 Å². The number of furan rings is 1. The van der Waals surface area contributed by atoms with Crippen LogP contribution in [0.2, 0.25) is 0 Å². The van der Waals surface area contributed by atoms with Gasteiger partial charge in [0.1, 0.15) is 23.9 Å². The highest BCUT2D eigenvalue weighted by Crippen LogP contribution is 2.23. The van der Waals surface area contributed by atoms with Gasteiger partial charge in [-0.1, -0.05) is 41.9 Å². The van der Waals surface area contributed by atoms with Gasteiger partial charge < -0.3 is 14.5 Å². The van der Waals surface area contributed by atoms with Gasteiger partial charge in [0, 0.05) is 4.47 Å². The Morgan fingerprint density at radius 2 is 1.93 bits per heavy atom. The fourth-order valence-electron chi connectivity index (χ4n) is 2.64. The predicted octanol–water partition coefficient (Wildman–Crippen LogP) is 6.53. The van der Waals surface area contributed by atoms with Crippen molar-refractivity contribution in [3.63, 3.8) is 0 Å². The third-order valence-corrected chi connectivity index (χ3v) is 5.00. The van der Waals surface area contributed by atoms with Crippen molar-refractivity contribution in [2.75, 3.05) is 5.32 Å². The van der Waals surface area contributed by atoms with E-state index in [1.165, 1.54) is 23.8 Å². The van der Waals surface area contributed by atoms with E-state index in [1.807, 2.05) is 12.1 Å². The number of carbonyl (C=O) groups is 1. The Labute approximate surface area is 171 Å². The molecule has 0 spiro atoms. The quantitative estimate of drug-likeness (QED) is 0.449. The Bertz CT molecular complexity index is 953. The highest BCUT2D eigenvalue weighted by molar-refractivity contribution is 9.10. The molecule has 6 heteroatoms. The summed E-state index contributed by atoms with van der Waals surface area (Å²) in [6.45, 7) is 4.54. The van der Waals surface area contributed by atoms with Crippen LogP contribution in [0.25, 0.3) is 0 Å². The maximum absolute atomic E-state index is 13.8. The number of nitrogens with one attached hydrogen (secondary N) is 1. The molecule has 0 bridgehead atoms. The minimum Gasteiger partial charge on any atom is -0.486 e. The fraction of sp³-hybridized carbons (Fsp3) is 0.227. The smallest absolute Gasteiger partial charge is 0.291 e. The van der Waals surface area contributed by atoms with E-state index < -0.39 is 11.7 Å². The van der Waals surface area contributed by atoms with Gasteiger partial charge in [0.2, 0.25) is 0 Å². The summed E-state index contributed by atoms with van der Waals surface area (Å²) in [5.74, 6) is 0.784. The zero-order valence-electron chi connectivity index (χ0n) is 15.7. The number of ether oxygens (including phenoxy) is 1. The van der Waals surface area contributed by atoms with Crippen molar-refractivity contribution in [2.45, 2.75) is 32.8 Å². The molecule has 1 heterocycles. The number of benzene rings is 2. The topological polar surface area (TPSA) is 51.5 Å². The lowest BCUT2D eigenvalue weighted by molar-refractivity contribution is 0.0992. The number of halogens is 2. The average Bonchev–Trinajstić information content (AvgIpc) is 3.17. The zero-order valence-corrected chi connectivity index (χ0v) is 17.3. The van der Waals surface area contributed by atoms with Crippen molar-refractivity contribution in [3.05, 3.63) is 82.0 Å². The van der Waals surface area contributed by atoms with E-state index in [4.69, 9.17) is 9.15 Å². The number of rotatable bonds is 7. The molecule has 146 valence electrons. The third kappa shape index (κ3) is 5.01. The minimum atomic E-state index is -0.529. The Kier molecular flexibility index (Phi) is 6.52. The summed E-state index contributed by atoms with van der Waals surface area (Å²) in [6.07, 6.45) is 1.08. The van der Waals surface area contributed by atoms with Gasteiger partial charge in [-0.25, -0.2) is 4.39 Å². The second kappa shape index (κ2) is 9.06. The zero-order chi connectivity index (χ0) is 20.1. The molecular weight excluding hydrogens is 425 g/mol. The van der Waals surface area contributed by atoms with Crippen molar-refractivity contribution in [3.8, 4) is 5.75 Å². The second-order valence-corrected chi connectivity index (χ2v) is 7.43. The molecule has 4 nitrogen and oxygen atoms in total. The molecule has 28 heavy (non-hydrogen) atoms. The molecule has 1 N–H and O–H groups in total. The van der Waals surface area contributed by atoms with Crippen LogP contribution in [0.5, 0.6) is 5.75 Å². The summed E-state index contributed by atoms with van der Waals surface area (Å²) in [7, 11) is 0. The van der Waals surface area contributed by atoms with E-state index >= 15 is 0 Å². The van der Waals surface area contributed by atoms with Crippen LogP contribution in [0.3, 0.4) is 0 Å². The van der Waals surface area contributed by atoms with Crippen molar-refractivity contribution < 1.29 is 18.3 Å². The molecule has 3 aromatic rings. The normalized spacial score (nSPS) is 11.9. The Hall–Kier alpha value is -2.60. The number of hydrogen-bond acceptors (Lipinski definition) is 3. The van der Waals surface area contributed by atoms with Gasteiger partial charge in [-0.3, -0.25) is 4.79 Å². The van der Waals surface area contributed by atoms with Crippen LogP contribution in [0.4, 0.5) is 10.1 Å². The molecule has 0 fully saturated rings. The summed E-state index contributed by atoms with van der Waals surface area (Å²) in [6, 6.07) is 15.6. The first kappa shape index (κ1) is 20.1. The lowest BCUT2D eigenvalue weighted by Gasteiger charge is -2.10. The van der Waals surface area contributed by atoms with Gasteiger partial charge in [0.05, 0.1) is 5.69 Å². The van der Waals surface area contributed by atoms with E-state index in [0.29, 0.717) is 16.2 Å². The standard InChI is InChI=1S/C22H21BrFNO3/c1-3-14(2)15-4-7-17(8-5-15)27-13-18-9-11-21(28-18)22(26)25-20-10-6-16(23)12-19(20)24/h4-12,14H,3,13H2,1-2H3,(H,25,26). The fourth-order valence-corrected chi connectivity index (χ4v) is 2.97. The van der Waals surface area contributed by atoms with Crippen molar-refractivity contribution in [1.29, 1.82) is 0 Å². The number of carbonyl (C=O) groups excluding carboxylic acids is 1. The molecule has 3 rings (SSSR count). The van der Waals surface area contributed by atoms with Crippen LogP contribution in [0, 0.1) is 5.82 Å². The Morgan fingerprint density at radius 1 is 1.18 bits per heavy atom. The number of amides is 1. The minimum absolute atomic E-state index is 0.0868. The molecule has 1 amide bonds. The van der Waals surface area contributed by atoms with E-state index in [-0.39, 0.29) is 18.1 Å². The molecule has 0 aliphatic carbocycles. The van der Waals surface area contributed by atoms with Gasteiger partial charge in [0.15, 0.2) is 5.76 Å². The molecule has 0 saturated heterocycles. The van der Waals surface area contributed by atoms with E-state index in [2.05, 4.69) is 47.2 Å². The summed E-state index contributed by atoms with van der Waals surface area (Å²) >= 11 is 3.18. The highest BCUT2D eigenvalue weighted by atomic mass is 79.9. The lowest BCUT2D eigenvalue weighted by Crippen LogP contribution is -2.12. The van der Waals surface area contributed by atoms with Gasteiger partial charge in [-0.05, 0) is 60.4 Å². The Morgan fingerprint density at radius 3 is 2.61 bits per heavy atom. The molecule has 0 aliphatic rings. The second-order valence-electron chi connectivity index (χ2n) is 6.51. The maximum Gasteiger partial charge on any atom is 0.291 e. The first-order chi connectivity index (χ1) is 13.5. The van der Waals surface area contributed by atoms with Crippen LogP contribution in [0.15, 0.2) is 63.5 Å². The summed E-state index contributed by atoms with van der Waals surface area (Å²) < 4.78 is 25.7. The number of anilines is 1. The van der Waals surface area contributed by atoms with Gasteiger partial charge >= 0.3 is 0 Å². The van der Waals surface area contributed by atoms with Crippen LogP contribution >= 0.6 is 15.9 Å². The molecule has 2 aromatic carbocycles. The Balaban J connectivity index is 1.58. The molecule has 0 saturated carbocycles.